The lowest BCUT2D eigenvalue weighted by Crippen LogP contribution is -2.59. The van der Waals surface area contributed by atoms with Gasteiger partial charge in [0.1, 0.15) is 0 Å². The third kappa shape index (κ3) is 7.46. The molecule has 4 aliphatic rings. The number of amides is 2. The van der Waals surface area contributed by atoms with Crippen molar-refractivity contribution in [3.8, 4) is 0 Å². The summed E-state index contributed by atoms with van der Waals surface area (Å²) in [5.41, 5.74) is 0.930. The molecule has 3 aliphatic heterocycles. The van der Waals surface area contributed by atoms with E-state index in [0.717, 1.165) is 51.9 Å². The first-order chi connectivity index (χ1) is 19.2. The minimum Gasteiger partial charge on any atom is -0.390 e. The van der Waals surface area contributed by atoms with Crippen molar-refractivity contribution in [3.63, 3.8) is 0 Å². The van der Waals surface area contributed by atoms with Gasteiger partial charge in [-0.05, 0) is 82.6 Å². The van der Waals surface area contributed by atoms with Gasteiger partial charge in [-0.25, -0.2) is 0 Å². The van der Waals surface area contributed by atoms with E-state index in [1.165, 1.54) is 31.2 Å². The van der Waals surface area contributed by atoms with Gasteiger partial charge in [0.25, 0.3) is 0 Å². The van der Waals surface area contributed by atoms with Crippen molar-refractivity contribution in [1.29, 1.82) is 0 Å². The van der Waals surface area contributed by atoms with E-state index in [1.54, 1.807) is 0 Å². The zero-order chi connectivity index (χ0) is 28.3. The summed E-state index contributed by atoms with van der Waals surface area (Å²) < 4.78 is 5.60. The normalized spacial score (nSPS) is 32.2. The second-order valence-electron chi connectivity index (χ2n) is 14.1. The summed E-state index contributed by atoms with van der Waals surface area (Å²) in [5, 5.41) is 14.7. The number of β-amino-alcohol motifs (C(OH)–C–C–N with tert-alkyl or cyclic N) is 1. The molecule has 222 valence electrons. The molecule has 4 unspecified atom stereocenters. The van der Waals surface area contributed by atoms with Crippen LogP contribution in [0.3, 0.4) is 0 Å². The maximum Gasteiger partial charge on any atom is 0.237 e. The molecule has 0 bridgehead atoms. The summed E-state index contributed by atoms with van der Waals surface area (Å²) in [6, 6.07) is 10.2. The third-order valence-corrected chi connectivity index (χ3v) is 9.74. The number of benzene rings is 1. The summed E-state index contributed by atoms with van der Waals surface area (Å²) in [6.45, 7) is 9.23. The molecule has 1 aromatic rings. The Balaban J connectivity index is 1.28. The molecule has 7 nitrogen and oxygen atoms in total. The number of carbonyl (C=O) groups excluding carboxylic acids is 2. The van der Waals surface area contributed by atoms with Gasteiger partial charge in [0.2, 0.25) is 11.8 Å². The van der Waals surface area contributed by atoms with E-state index in [1.807, 2.05) is 31.7 Å². The van der Waals surface area contributed by atoms with Crippen LogP contribution in [0.25, 0.3) is 0 Å². The number of piperidine rings is 1. The first kappa shape index (κ1) is 29.5. The van der Waals surface area contributed by atoms with Gasteiger partial charge in [-0.2, -0.15) is 0 Å². The van der Waals surface area contributed by atoms with Crippen LogP contribution >= 0.6 is 0 Å². The summed E-state index contributed by atoms with van der Waals surface area (Å²) in [5.74, 6) is 1.89. The number of aliphatic hydroxyl groups excluding tert-OH is 1. The number of likely N-dealkylation sites (tertiary alicyclic amines) is 2. The number of nitrogens with zero attached hydrogens (tertiary/aromatic N) is 2. The predicted octanol–water partition coefficient (Wildman–Crippen LogP) is 4.03. The van der Waals surface area contributed by atoms with Crippen molar-refractivity contribution in [3.05, 3.63) is 35.9 Å². The average Bonchev–Trinajstić information content (AvgIpc) is 3.52. The van der Waals surface area contributed by atoms with Gasteiger partial charge in [0, 0.05) is 50.3 Å². The van der Waals surface area contributed by atoms with E-state index in [0.29, 0.717) is 30.8 Å². The summed E-state index contributed by atoms with van der Waals surface area (Å²) in [6.07, 6.45) is 8.65. The van der Waals surface area contributed by atoms with E-state index >= 15 is 0 Å². The number of rotatable bonds is 9. The van der Waals surface area contributed by atoms with E-state index in [-0.39, 0.29) is 35.4 Å². The Morgan fingerprint density at radius 2 is 1.82 bits per heavy atom. The van der Waals surface area contributed by atoms with Gasteiger partial charge in [-0.3, -0.25) is 14.5 Å². The quantitative estimate of drug-likeness (QED) is 0.483. The number of aliphatic hydroxyl groups is 1. The number of fused-ring (bicyclic) bond motifs is 1. The van der Waals surface area contributed by atoms with Crippen molar-refractivity contribution in [2.24, 2.45) is 23.7 Å². The van der Waals surface area contributed by atoms with E-state index in [4.69, 9.17) is 4.74 Å². The Kier molecular flexibility index (Phi) is 9.53. The van der Waals surface area contributed by atoms with E-state index in [9.17, 15) is 14.7 Å². The van der Waals surface area contributed by atoms with Crippen LogP contribution in [-0.2, 0) is 20.7 Å². The maximum absolute atomic E-state index is 13.7. The summed E-state index contributed by atoms with van der Waals surface area (Å²) in [4.78, 5) is 31.4. The smallest absolute Gasteiger partial charge is 0.237 e. The van der Waals surface area contributed by atoms with E-state index in [2.05, 4.69) is 34.5 Å². The average molecular weight is 554 g/mol. The molecule has 1 aromatic carbocycles. The topological polar surface area (TPSA) is 82.1 Å². The van der Waals surface area contributed by atoms with Gasteiger partial charge < -0.3 is 20.1 Å². The van der Waals surface area contributed by atoms with Crippen LogP contribution in [0.2, 0.25) is 0 Å². The second-order valence-corrected chi connectivity index (χ2v) is 14.1. The number of hydrogen-bond donors (Lipinski definition) is 2. The molecule has 3 saturated heterocycles. The fraction of sp³-hybridized carbons (Fsp3) is 0.758. The van der Waals surface area contributed by atoms with Gasteiger partial charge >= 0.3 is 0 Å². The van der Waals surface area contributed by atoms with Crippen LogP contribution in [0.4, 0.5) is 0 Å². The van der Waals surface area contributed by atoms with Crippen molar-refractivity contribution in [1.82, 2.24) is 15.1 Å². The van der Waals surface area contributed by atoms with Crippen molar-refractivity contribution in [2.45, 2.75) is 102 Å². The molecule has 7 heteroatoms. The van der Waals surface area contributed by atoms with Gasteiger partial charge in [0.15, 0.2) is 0 Å². The minimum absolute atomic E-state index is 0.00379. The molecule has 5 rings (SSSR count). The molecular formula is C33H51N3O4. The highest BCUT2D eigenvalue weighted by molar-refractivity contribution is 5.83. The van der Waals surface area contributed by atoms with Crippen LogP contribution < -0.4 is 5.32 Å². The van der Waals surface area contributed by atoms with Crippen LogP contribution in [0.15, 0.2) is 30.3 Å². The Morgan fingerprint density at radius 3 is 2.52 bits per heavy atom. The molecule has 0 radical (unpaired) electrons. The lowest BCUT2D eigenvalue weighted by molar-refractivity contribution is -0.136. The maximum atomic E-state index is 13.7. The Labute approximate surface area is 241 Å². The van der Waals surface area contributed by atoms with Crippen LogP contribution in [0, 0.1) is 23.7 Å². The number of hydrogen-bond acceptors (Lipinski definition) is 5. The van der Waals surface area contributed by atoms with Gasteiger partial charge in [-0.1, -0.05) is 49.6 Å². The Bertz CT molecular complexity index is 989. The molecule has 3 heterocycles. The highest BCUT2D eigenvalue weighted by Crippen LogP contribution is 2.39. The highest BCUT2D eigenvalue weighted by Gasteiger charge is 2.44. The summed E-state index contributed by atoms with van der Waals surface area (Å²) >= 11 is 0. The Morgan fingerprint density at radius 1 is 1.07 bits per heavy atom. The van der Waals surface area contributed by atoms with Crippen LogP contribution in [0.1, 0.15) is 77.7 Å². The molecule has 2 amide bonds. The van der Waals surface area contributed by atoms with Crippen LogP contribution in [-0.4, -0.2) is 83.3 Å². The van der Waals surface area contributed by atoms with Crippen molar-refractivity contribution < 1.29 is 19.4 Å². The standard InChI is InChI=1S/C33H51N3O4/c1-33(2,3)34-31(38)30-18-25-11-7-8-12-26(25)19-35(30)20-29(37)21-36-28(16-23-9-5-4-6-10-23)17-27(32(36)39)15-24-13-14-40-22-24/h4-6,9-10,24-30,37H,7-8,11-22H2,1-3H3,(H,34,38)/t24?,25-,26+,27?,28-,29?,30?/m0/s1. The molecule has 4 fully saturated rings. The molecule has 40 heavy (non-hydrogen) atoms. The monoisotopic (exact) mass is 553 g/mol. The fourth-order valence-electron chi connectivity index (χ4n) is 7.84. The van der Waals surface area contributed by atoms with Crippen molar-refractivity contribution >= 4 is 11.8 Å². The summed E-state index contributed by atoms with van der Waals surface area (Å²) in [7, 11) is 0. The third-order valence-electron chi connectivity index (χ3n) is 9.74. The molecular weight excluding hydrogens is 502 g/mol. The molecule has 0 aromatic heterocycles. The second kappa shape index (κ2) is 12.9. The predicted molar refractivity (Wildman–Crippen MR) is 157 cm³/mol. The molecule has 7 atom stereocenters. The van der Waals surface area contributed by atoms with Crippen LogP contribution in [0.5, 0.6) is 0 Å². The SMILES string of the molecule is CC(C)(C)NC(=O)C1C[C@@H]2CCCC[C@@H]2CN1CC(O)CN1C(=O)C(CC2CCOC2)C[C@@H]1Cc1ccccc1. The Hall–Kier alpha value is -1.96. The first-order valence-electron chi connectivity index (χ1n) is 15.8. The molecule has 0 spiro atoms. The van der Waals surface area contributed by atoms with E-state index < -0.39 is 6.10 Å². The lowest BCUT2D eigenvalue weighted by Gasteiger charge is -2.46. The number of ether oxygens (including phenoxy) is 1. The largest absolute Gasteiger partial charge is 0.390 e. The molecule has 2 N–H and O–H groups in total. The van der Waals surface area contributed by atoms with Crippen molar-refractivity contribution in [2.75, 3.05) is 32.8 Å². The van der Waals surface area contributed by atoms with Gasteiger partial charge in [-0.15, -0.1) is 0 Å². The highest BCUT2D eigenvalue weighted by atomic mass is 16.5. The lowest BCUT2D eigenvalue weighted by atomic mass is 9.72. The molecule has 1 saturated carbocycles. The zero-order valence-corrected chi connectivity index (χ0v) is 24.9. The minimum atomic E-state index is -0.694. The number of carbonyl (C=O) groups is 2. The molecule has 1 aliphatic carbocycles. The zero-order valence-electron chi connectivity index (χ0n) is 24.9. The van der Waals surface area contributed by atoms with Gasteiger partial charge in [0.05, 0.1) is 12.1 Å². The first-order valence-corrected chi connectivity index (χ1v) is 15.8. The fourth-order valence-corrected chi connectivity index (χ4v) is 7.84. The number of nitrogens with one attached hydrogen (secondary N) is 1.